The zero-order valence-electron chi connectivity index (χ0n) is 19.4. The average Bonchev–Trinajstić information content (AvgIpc) is 3.42. The number of rotatable bonds is 8. The first-order valence-electron chi connectivity index (χ1n) is 10.9. The number of amides is 1. The number of ether oxygens (including phenoxy) is 3. The van der Waals surface area contributed by atoms with Crippen molar-refractivity contribution in [1.29, 1.82) is 5.26 Å². The topological polar surface area (TPSA) is 103 Å². The van der Waals surface area contributed by atoms with Crippen LogP contribution in [0.2, 0.25) is 0 Å². The molecule has 1 N–H and O–H groups in total. The Bertz CT molecular complexity index is 1100. The Balaban J connectivity index is 1.64. The van der Waals surface area contributed by atoms with Gasteiger partial charge in [0.15, 0.2) is 18.1 Å². The van der Waals surface area contributed by atoms with E-state index in [1.54, 1.807) is 31.4 Å². The van der Waals surface area contributed by atoms with Crippen molar-refractivity contribution in [3.63, 3.8) is 0 Å². The molecule has 0 spiro atoms. The zero-order valence-corrected chi connectivity index (χ0v) is 19.4. The second-order valence-corrected chi connectivity index (χ2v) is 7.96. The molecule has 0 unspecified atom stereocenters. The van der Waals surface area contributed by atoms with Crippen LogP contribution < -0.4 is 14.8 Å². The third-order valence-corrected chi connectivity index (χ3v) is 5.98. The summed E-state index contributed by atoms with van der Waals surface area (Å²) in [6.45, 7) is 3.39. The second kappa shape index (κ2) is 10.7. The molecule has 1 aromatic heterocycles. The number of esters is 1. The van der Waals surface area contributed by atoms with E-state index in [4.69, 9.17) is 14.2 Å². The molecule has 174 valence electrons. The quantitative estimate of drug-likeness (QED) is 0.474. The summed E-state index contributed by atoms with van der Waals surface area (Å²) >= 11 is 0. The summed E-state index contributed by atoms with van der Waals surface area (Å²) in [5.41, 5.74) is 3.00. The van der Waals surface area contributed by atoms with Gasteiger partial charge in [0.05, 0.1) is 19.8 Å². The van der Waals surface area contributed by atoms with Gasteiger partial charge in [-0.2, -0.15) is 5.26 Å². The Morgan fingerprint density at radius 3 is 2.52 bits per heavy atom. The van der Waals surface area contributed by atoms with E-state index in [2.05, 4.69) is 16.0 Å². The molecular formula is C25H29N3O5. The van der Waals surface area contributed by atoms with Crippen LogP contribution >= 0.6 is 0 Å². The molecule has 1 amide bonds. The number of carbonyl (C=O) groups is 2. The van der Waals surface area contributed by atoms with E-state index in [1.165, 1.54) is 13.2 Å². The Kier molecular flexibility index (Phi) is 7.78. The molecule has 1 saturated carbocycles. The van der Waals surface area contributed by atoms with E-state index in [9.17, 15) is 14.9 Å². The minimum Gasteiger partial charge on any atom is -0.493 e. The smallest absolute Gasteiger partial charge is 0.331 e. The second-order valence-electron chi connectivity index (χ2n) is 7.96. The fourth-order valence-electron chi connectivity index (χ4n) is 4.18. The minimum absolute atomic E-state index is 0.257. The number of hydrogen-bond acceptors (Lipinski definition) is 6. The highest BCUT2D eigenvalue weighted by atomic mass is 16.5. The lowest BCUT2D eigenvalue weighted by Gasteiger charge is -2.19. The van der Waals surface area contributed by atoms with E-state index >= 15 is 0 Å². The molecule has 0 bridgehead atoms. The molecule has 8 nitrogen and oxygen atoms in total. The van der Waals surface area contributed by atoms with Crippen molar-refractivity contribution in [2.45, 2.75) is 45.6 Å². The highest BCUT2D eigenvalue weighted by Crippen LogP contribution is 2.37. The first kappa shape index (κ1) is 23.9. The number of nitriles is 1. The molecule has 0 saturated heterocycles. The monoisotopic (exact) mass is 451 g/mol. The van der Waals surface area contributed by atoms with Gasteiger partial charge in [-0.25, -0.2) is 4.79 Å². The van der Waals surface area contributed by atoms with Crippen molar-refractivity contribution in [2.24, 2.45) is 0 Å². The molecular weight excluding hydrogens is 422 g/mol. The molecule has 8 heteroatoms. The summed E-state index contributed by atoms with van der Waals surface area (Å²) in [7, 11) is 3.07. The van der Waals surface area contributed by atoms with E-state index in [0.29, 0.717) is 28.4 Å². The minimum atomic E-state index is -0.654. The number of nitrogens with zero attached hydrogens (tertiary/aromatic N) is 2. The Morgan fingerprint density at radius 1 is 1.18 bits per heavy atom. The fraction of sp³-hybridized carbons (Fsp3) is 0.400. The summed E-state index contributed by atoms with van der Waals surface area (Å²) in [6.07, 6.45) is 7.08. The van der Waals surface area contributed by atoms with E-state index < -0.39 is 18.5 Å². The Labute approximate surface area is 193 Å². The summed E-state index contributed by atoms with van der Waals surface area (Å²) in [6, 6.07) is 7.68. The number of nitrogens with one attached hydrogen (secondary N) is 1. The maximum atomic E-state index is 12.5. The van der Waals surface area contributed by atoms with Gasteiger partial charge in [-0.05, 0) is 56.0 Å². The van der Waals surface area contributed by atoms with Crippen LogP contribution in [0, 0.1) is 25.2 Å². The van der Waals surface area contributed by atoms with Gasteiger partial charge in [-0.3, -0.25) is 4.79 Å². The van der Waals surface area contributed by atoms with Crippen molar-refractivity contribution in [2.75, 3.05) is 26.1 Å². The van der Waals surface area contributed by atoms with Gasteiger partial charge in [0, 0.05) is 17.8 Å². The largest absolute Gasteiger partial charge is 0.493 e. The highest BCUT2D eigenvalue weighted by molar-refractivity contribution is 5.95. The number of aromatic nitrogens is 1. The van der Waals surface area contributed by atoms with E-state index in [1.807, 2.05) is 13.8 Å². The summed E-state index contributed by atoms with van der Waals surface area (Å²) in [4.78, 5) is 24.6. The lowest BCUT2D eigenvalue weighted by molar-refractivity contribution is -0.142. The van der Waals surface area contributed by atoms with Gasteiger partial charge in [-0.15, -0.1) is 0 Å². The van der Waals surface area contributed by atoms with Crippen LogP contribution in [0.25, 0.3) is 6.08 Å². The lowest BCUT2D eigenvalue weighted by atomic mass is 10.2. The summed E-state index contributed by atoms with van der Waals surface area (Å²) < 4.78 is 17.6. The van der Waals surface area contributed by atoms with Crippen LogP contribution in [0.3, 0.4) is 0 Å². The predicted octanol–water partition coefficient (Wildman–Crippen LogP) is 4.30. The molecule has 33 heavy (non-hydrogen) atoms. The van der Waals surface area contributed by atoms with Gasteiger partial charge in [0.2, 0.25) is 0 Å². The van der Waals surface area contributed by atoms with Crippen LogP contribution in [0.4, 0.5) is 5.82 Å². The van der Waals surface area contributed by atoms with Crippen LogP contribution in [0.1, 0.15) is 54.1 Å². The first-order chi connectivity index (χ1) is 15.9. The standard InChI is InChI=1S/C25H29N3O5/c1-16-17(2)28(19-7-5-6-8-19)25(20(16)14-26)27-23(29)15-33-24(30)12-10-18-9-11-21(31-3)22(13-18)32-4/h9-13,19H,5-8,15H2,1-4H3,(H,27,29)/b12-10+. The van der Waals surface area contributed by atoms with Gasteiger partial charge >= 0.3 is 5.97 Å². The van der Waals surface area contributed by atoms with E-state index in [0.717, 1.165) is 36.9 Å². The average molecular weight is 452 g/mol. The number of carbonyl (C=O) groups excluding carboxylic acids is 2. The fourth-order valence-corrected chi connectivity index (χ4v) is 4.18. The van der Waals surface area contributed by atoms with Crippen LogP contribution in [0.15, 0.2) is 24.3 Å². The zero-order chi connectivity index (χ0) is 24.0. The molecule has 2 aromatic rings. The number of benzene rings is 1. The number of hydrogen-bond donors (Lipinski definition) is 1. The molecule has 1 aliphatic rings. The third-order valence-electron chi connectivity index (χ3n) is 5.98. The normalized spacial score (nSPS) is 13.7. The highest BCUT2D eigenvalue weighted by Gasteiger charge is 2.26. The van der Waals surface area contributed by atoms with Gasteiger partial charge in [-0.1, -0.05) is 18.9 Å². The first-order valence-corrected chi connectivity index (χ1v) is 10.9. The molecule has 0 aliphatic heterocycles. The number of anilines is 1. The van der Waals surface area contributed by atoms with Crippen molar-refractivity contribution in [1.82, 2.24) is 4.57 Å². The SMILES string of the molecule is COc1ccc(/C=C/C(=O)OCC(=O)Nc2c(C#N)c(C)c(C)n2C2CCCC2)cc1OC. The van der Waals surface area contributed by atoms with Gasteiger partial charge < -0.3 is 24.1 Å². The van der Waals surface area contributed by atoms with Crippen molar-refractivity contribution >= 4 is 23.8 Å². The predicted molar refractivity (Wildman–Crippen MR) is 124 cm³/mol. The molecule has 0 atom stereocenters. The molecule has 0 radical (unpaired) electrons. The molecule has 1 aliphatic carbocycles. The Hall–Kier alpha value is -3.73. The lowest BCUT2D eigenvalue weighted by Crippen LogP contribution is -2.23. The molecule has 1 fully saturated rings. The maximum Gasteiger partial charge on any atom is 0.331 e. The number of methoxy groups -OCH3 is 2. The molecule has 3 rings (SSSR count). The third kappa shape index (κ3) is 5.37. The summed E-state index contributed by atoms with van der Waals surface area (Å²) in [5.74, 6) is 0.464. The van der Waals surface area contributed by atoms with E-state index in [-0.39, 0.29) is 6.04 Å². The Morgan fingerprint density at radius 2 is 1.88 bits per heavy atom. The van der Waals surface area contributed by atoms with Crippen LogP contribution in [-0.2, 0) is 14.3 Å². The maximum absolute atomic E-state index is 12.5. The van der Waals surface area contributed by atoms with Crippen molar-refractivity contribution < 1.29 is 23.8 Å². The molecule has 1 heterocycles. The van der Waals surface area contributed by atoms with Crippen molar-refractivity contribution in [3.05, 3.63) is 46.7 Å². The van der Waals surface area contributed by atoms with Gasteiger partial charge in [0.1, 0.15) is 11.9 Å². The molecule has 1 aromatic carbocycles. The summed E-state index contributed by atoms with van der Waals surface area (Å²) in [5, 5.41) is 12.4. The van der Waals surface area contributed by atoms with Crippen LogP contribution in [0.5, 0.6) is 11.5 Å². The van der Waals surface area contributed by atoms with Crippen LogP contribution in [-0.4, -0.2) is 37.3 Å². The van der Waals surface area contributed by atoms with Gasteiger partial charge in [0.25, 0.3) is 5.91 Å². The van der Waals surface area contributed by atoms with Crippen molar-refractivity contribution in [3.8, 4) is 17.6 Å².